The second-order valence-electron chi connectivity index (χ2n) is 3.09. The number of benzene rings is 1. The average Bonchev–Trinajstić information content (AvgIpc) is 2.28. The third-order valence-corrected chi connectivity index (χ3v) is 3.14. The van der Waals surface area contributed by atoms with Crippen LogP contribution >= 0.6 is 11.8 Å². The van der Waals surface area contributed by atoms with Crippen molar-refractivity contribution in [3.05, 3.63) is 28.3 Å². The molecule has 5 nitrogen and oxygen atoms in total. The zero-order valence-electron chi connectivity index (χ0n) is 8.97. The number of hydrogen-bond acceptors (Lipinski definition) is 5. The number of thioether (sulfide) groups is 1. The smallest absolute Gasteiger partial charge is 0.305 e. The minimum absolute atomic E-state index is 0.104. The molecule has 0 saturated heterocycles. The Morgan fingerprint density at radius 2 is 2.31 bits per heavy atom. The van der Waals surface area contributed by atoms with E-state index in [2.05, 4.69) is 5.32 Å². The molecule has 16 heavy (non-hydrogen) atoms. The van der Waals surface area contributed by atoms with Gasteiger partial charge in [-0.05, 0) is 18.6 Å². The summed E-state index contributed by atoms with van der Waals surface area (Å²) in [5.74, 6) is 0.671. The van der Waals surface area contributed by atoms with Crippen LogP contribution in [0.5, 0.6) is 0 Å². The molecule has 0 spiro atoms. The molecule has 0 aliphatic carbocycles. The predicted octanol–water partition coefficient (Wildman–Crippen LogP) is 2.11. The van der Waals surface area contributed by atoms with Crippen LogP contribution in [0.2, 0.25) is 0 Å². The summed E-state index contributed by atoms with van der Waals surface area (Å²) in [6, 6.07) is 5.18. The van der Waals surface area contributed by atoms with Crippen molar-refractivity contribution in [3.63, 3.8) is 0 Å². The summed E-state index contributed by atoms with van der Waals surface area (Å²) in [6.07, 6.45) is 0.631. The van der Waals surface area contributed by atoms with E-state index in [1.807, 2.05) is 0 Å². The van der Waals surface area contributed by atoms with Crippen LogP contribution < -0.4 is 5.32 Å². The standard InChI is InChI=1S/C10H14N2O3S/c1-11-8-4-2-5-9(10(8)12(14)15)16-7-3-6-13/h2,4-5,11,13H,3,6-7H2,1H3. The monoisotopic (exact) mass is 242 g/mol. The van der Waals surface area contributed by atoms with Gasteiger partial charge in [0.1, 0.15) is 5.69 Å². The highest BCUT2D eigenvalue weighted by Gasteiger charge is 2.18. The van der Waals surface area contributed by atoms with Gasteiger partial charge in [0, 0.05) is 19.4 Å². The van der Waals surface area contributed by atoms with Gasteiger partial charge in [0.05, 0.1) is 9.82 Å². The van der Waals surface area contributed by atoms with E-state index >= 15 is 0 Å². The molecule has 0 aromatic heterocycles. The van der Waals surface area contributed by atoms with Gasteiger partial charge in [0.25, 0.3) is 0 Å². The van der Waals surface area contributed by atoms with Crippen LogP contribution in [0.3, 0.4) is 0 Å². The Balaban J connectivity index is 2.93. The van der Waals surface area contributed by atoms with E-state index < -0.39 is 0 Å². The lowest BCUT2D eigenvalue weighted by atomic mass is 10.3. The van der Waals surface area contributed by atoms with Gasteiger partial charge in [-0.1, -0.05) is 6.07 Å². The van der Waals surface area contributed by atoms with Gasteiger partial charge in [-0.25, -0.2) is 0 Å². The van der Waals surface area contributed by atoms with Crippen LogP contribution in [0.15, 0.2) is 23.1 Å². The number of nitrogens with zero attached hydrogens (tertiary/aromatic N) is 1. The highest BCUT2D eigenvalue weighted by molar-refractivity contribution is 7.99. The Morgan fingerprint density at radius 1 is 1.56 bits per heavy atom. The molecule has 0 amide bonds. The quantitative estimate of drug-likeness (QED) is 0.346. The number of para-hydroxylation sites is 1. The summed E-state index contributed by atoms with van der Waals surface area (Å²) in [4.78, 5) is 11.2. The largest absolute Gasteiger partial charge is 0.396 e. The molecular weight excluding hydrogens is 228 g/mol. The molecule has 0 bridgehead atoms. The lowest BCUT2D eigenvalue weighted by Gasteiger charge is -2.06. The molecule has 1 aromatic carbocycles. The topological polar surface area (TPSA) is 75.4 Å². The third-order valence-electron chi connectivity index (χ3n) is 2.01. The molecule has 0 heterocycles. The van der Waals surface area contributed by atoms with Crippen LogP contribution in [0.4, 0.5) is 11.4 Å². The summed E-state index contributed by atoms with van der Waals surface area (Å²) in [7, 11) is 1.66. The molecule has 1 aromatic rings. The Labute approximate surface area is 98.0 Å². The fraction of sp³-hybridized carbons (Fsp3) is 0.400. The Morgan fingerprint density at radius 3 is 2.88 bits per heavy atom. The van der Waals surface area contributed by atoms with E-state index in [9.17, 15) is 10.1 Å². The number of nitro groups is 1. The van der Waals surface area contributed by atoms with Crippen molar-refractivity contribution in [2.45, 2.75) is 11.3 Å². The molecule has 0 unspecified atom stereocenters. The van der Waals surface area contributed by atoms with E-state index in [4.69, 9.17) is 5.11 Å². The summed E-state index contributed by atoms with van der Waals surface area (Å²) in [5, 5.41) is 22.4. The normalized spacial score (nSPS) is 10.1. The van der Waals surface area contributed by atoms with Gasteiger partial charge in [0.2, 0.25) is 0 Å². The second kappa shape index (κ2) is 6.34. The van der Waals surface area contributed by atoms with E-state index in [1.165, 1.54) is 11.8 Å². The lowest BCUT2D eigenvalue weighted by Crippen LogP contribution is -1.98. The van der Waals surface area contributed by atoms with Crippen LogP contribution in [0, 0.1) is 10.1 Å². The average molecular weight is 242 g/mol. The molecule has 2 N–H and O–H groups in total. The minimum Gasteiger partial charge on any atom is -0.396 e. The molecule has 6 heteroatoms. The SMILES string of the molecule is CNc1cccc(SCCCO)c1[N+](=O)[O-]. The summed E-state index contributed by atoms with van der Waals surface area (Å²) >= 11 is 1.39. The Kier molecular flexibility index (Phi) is 5.07. The molecule has 0 aliphatic heterocycles. The maximum absolute atomic E-state index is 10.9. The van der Waals surface area contributed by atoms with Crippen molar-refractivity contribution in [2.24, 2.45) is 0 Å². The highest BCUT2D eigenvalue weighted by Crippen LogP contribution is 2.35. The number of aliphatic hydroxyl groups excluding tert-OH is 1. The lowest BCUT2D eigenvalue weighted by molar-refractivity contribution is -0.386. The van der Waals surface area contributed by atoms with Crippen LogP contribution in [0.25, 0.3) is 0 Å². The van der Waals surface area contributed by atoms with Gasteiger partial charge in [-0.3, -0.25) is 10.1 Å². The van der Waals surface area contributed by atoms with Crippen molar-refractivity contribution in [3.8, 4) is 0 Å². The molecule has 0 radical (unpaired) electrons. The fourth-order valence-electron chi connectivity index (χ4n) is 1.28. The number of anilines is 1. The van der Waals surface area contributed by atoms with E-state index in [1.54, 1.807) is 25.2 Å². The van der Waals surface area contributed by atoms with Crippen molar-refractivity contribution in [1.29, 1.82) is 0 Å². The molecule has 0 fully saturated rings. The zero-order chi connectivity index (χ0) is 12.0. The third kappa shape index (κ3) is 3.11. The first-order valence-corrected chi connectivity index (χ1v) is 5.88. The molecule has 88 valence electrons. The first kappa shape index (κ1) is 12.8. The Hall–Kier alpha value is -1.27. The van der Waals surface area contributed by atoms with Crippen molar-refractivity contribution in [1.82, 2.24) is 0 Å². The zero-order valence-corrected chi connectivity index (χ0v) is 9.79. The number of hydrogen-bond donors (Lipinski definition) is 2. The van der Waals surface area contributed by atoms with Gasteiger partial charge in [-0.2, -0.15) is 0 Å². The number of aliphatic hydroxyl groups is 1. The van der Waals surface area contributed by atoms with Gasteiger partial charge in [0.15, 0.2) is 0 Å². The van der Waals surface area contributed by atoms with E-state index in [-0.39, 0.29) is 17.2 Å². The fourth-order valence-corrected chi connectivity index (χ4v) is 2.26. The summed E-state index contributed by atoms with van der Waals surface area (Å²) in [6.45, 7) is 0.104. The Bertz CT molecular complexity index is 371. The number of rotatable bonds is 6. The number of nitro benzene ring substituents is 1. The second-order valence-corrected chi connectivity index (χ2v) is 4.22. The van der Waals surface area contributed by atoms with E-state index in [0.717, 1.165) is 0 Å². The van der Waals surface area contributed by atoms with Crippen molar-refractivity contribution in [2.75, 3.05) is 24.7 Å². The molecule has 0 atom stereocenters. The van der Waals surface area contributed by atoms with Crippen LogP contribution in [0.1, 0.15) is 6.42 Å². The molecule has 0 saturated carbocycles. The summed E-state index contributed by atoms with van der Waals surface area (Å²) < 4.78 is 0. The van der Waals surface area contributed by atoms with E-state index in [0.29, 0.717) is 22.8 Å². The van der Waals surface area contributed by atoms with Crippen molar-refractivity contribution >= 4 is 23.1 Å². The first-order chi connectivity index (χ1) is 7.70. The van der Waals surface area contributed by atoms with Gasteiger partial charge >= 0.3 is 5.69 Å². The van der Waals surface area contributed by atoms with Gasteiger partial charge in [-0.15, -0.1) is 11.8 Å². The van der Waals surface area contributed by atoms with Crippen molar-refractivity contribution < 1.29 is 10.0 Å². The first-order valence-electron chi connectivity index (χ1n) is 4.89. The van der Waals surface area contributed by atoms with Gasteiger partial charge < -0.3 is 10.4 Å². The predicted molar refractivity (Wildman–Crippen MR) is 65.1 cm³/mol. The van der Waals surface area contributed by atoms with Crippen LogP contribution in [-0.2, 0) is 0 Å². The van der Waals surface area contributed by atoms with Crippen LogP contribution in [-0.4, -0.2) is 29.4 Å². The molecular formula is C10H14N2O3S. The number of nitrogens with one attached hydrogen (secondary N) is 1. The molecule has 1 rings (SSSR count). The highest BCUT2D eigenvalue weighted by atomic mass is 32.2. The minimum atomic E-state index is -0.382. The summed E-state index contributed by atoms with van der Waals surface area (Å²) in [5.41, 5.74) is 0.618. The maximum Gasteiger partial charge on any atom is 0.305 e. The molecule has 0 aliphatic rings. The maximum atomic E-state index is 10.9.